The number of nitrogens with zero attached hydrogens (tertiary/aromatic N) is 2. The second kappa shape index (κ2) is 7.51. The number of nitrogens with one attached hydrogen (secondary N) is 2. The first-order chi connectivity index (χ1) is 10.0. The van der Waals surface area contributed by atoms with Crippen molar-refractivity contribution in [3.63, 3.8) is 0 Å². The summed E-state index contributed by atoms with van der Waals surface area (Å²) in [6.45, 7) is 2.61. The van der Waals surface area contributed by atoms with Crippen molar-refractivity contribution in [3.8, 4) is 0 Å². The number of likely N-dealkylation sites (N-methyl/N-ethyl adjacent to an activating group) is 1. The van der Waals surface area contributed by atoms with Crippen LogP contribution in [0.1, 0.15) is 25.7 Å². The predicted octanol–water partition coefficient (Wildman–Crippen LogP) is -1.06. The lowest BCUT2D eigenvalue weighted by Gasteiger charge is -2.20. The number of rotatable bonds is 6. The molecule has 21 heavy (non-hydrogen) atoms. The van der Waals surface area contributed by atoms with E-state index >= 15 is 0 Å². The van der Waals surface area contributed by atoms with E-state index in [1.54, 1.807) is 0 Å². The summed E-state index contributed by atoms with van der Waals surface area (Å²) in [5.41, 5.74) is 0. The minimum absolute atomic E-state index is 0.0120. The number of imide groups is 1. The fourth-order valence-corrected chi connectivity index (χ4v) is 2.88. The van der Waals surface area contributed by atoms with E-state index in [4.69, 9.17) is 0 Å². The number of hydrogen-bond donors (Lipinski definition) is 2. The van der Waals surface area contributed by atoms with Crippen LogP contribution < -0.4 is 10.6 Å². The van der Waals surface area contributed by atoms with Crippen LogP contribution in [0.25, 0.3) is 0 Å². The highest BCUT2D eigenvalue weighted by Crippen LogP contribution is 2.08. The van der Waals surface area contributed by atoms with Crippen LogP contribution >= 0.6 is 0 Å². The second-order valence-electron chi connectivity index (χ2n) is 5.88. The number of carbonyl (C=O) groups is 3. The molecule has 7 heteroatoms. The van der Waals surface area contributed by atoms with Crippen molar-refractivity contribution in [2.45, 2.75) is 31.7 Å². The van der Waals surface area contributed by atoms with Gasteiger partial charge >= 0.3 is 0 Å². The summed E-state index contributed by atoms with van der Waals surface area (Å²) in [6, 6.07) is 0.431. The van der Waals surface area contributed by atoms with Crippen LogP contribution in [0.4, 0.5) is 0 Å². The Kier molecular flexibility index (Phi) is 5.69. The number of amides is 3. The van der Waals surface area contributed by atoms with Crippen molar-refractivity contribution in [1.82, 2.24) is 20.4 Å². The summed E-state index contributed by atoms with van der Waals surface area (Å²) < 4.78 is 0. The van der Waals surface area contributed by atoms with Crippen molar-refractivity contribution in [1.29, 1.82) is 0 Å². The van der Waals surface area contributed by atoms with E-state index in [0.717, 1.165) is 25.9 Å². The molecule has 0 aromatic heterocycles. The van der Waals surface area contributed by atoms with Gasteiger partial charge in [-0.1, -0.05) is 0 Å². The summed E-state index contributed by atoms with van der Waals surface area (Å²) in [5.74, 6) is -0.725. The van der Waals surface area contributed by atoms with E-state index in [0.29, 0.717) is 19.0 Å². The average Bonchev–Trinajstić information content (AvgIpc) is 3.02. The standard InChI is InChI=1S/C14H24N4O3/c1-17(8-11-4-2-6-15-11)9-12(19)16-13(20)10-18-7-3-5-14(18)21/h11,15H,2-10H2,1H3,(H,16,19,20). The van der Waals surface area contributed by atoms with Crippen molar-refractivity contribution in [2.75, 3.05) is 39.8 Å². The summed E-state index contributed by atoms with van der Waals surface area (Å²) in [5, 5.41) is 5.72. The van der Waals surface area contributed by atoms with Gasteiger partial charge in [-0.2, -0.15) is 0 Å². The molecule has 0 aromatic carbocycles. The minimum Gasteiger partial charge on any atom is -0.333 e. The van der Waals surface area contributed by atoms with Gasteiger partial charge in [0, 0.05) is 25.6 Å². The van der Waals surface area contributed by atoms with E-state index < -0.39 is 5.91 Å². The van der Waals surface area contributed by atoms with Gasteiger partial charge in [-0.05, 0) is 32.9 Å². The van der Waals surface area contributed by atoms with Gasteiger partial charge in [0.05, 0.1) is 13.1 Å². The van der Waals surface area contributed by atoms with Crippen molar-refractivity contribution in [2.24, 2.45) is 0 Å². The Bertz CT molecular complexity index is 407. The molecule has 2 N–H and O–H groups in total. The molecule has 0 aliphatic carbocycles. The monoisotopic (exact) mass is 296 g/mol. The van der Waals surface area contributed by atoms with Gasteiger partial charge in [-0.3, -0.25) is 24.6 Å². The zero-order chi connectivity index (χ0) is 15.2. The van der Waals surface area contributed by atoms with Gasteiger partial charge in [0.1, 0.15) is 0 Å². The summed E-state index contributed by atoms with van der Waals surface area (Å²) in [4.78, 5) is 38.3. The lowest BCUT2D eigenvalue weighted by atomic mass is 10.2. The summed E-state index contributed by atoms with van der Waals surface area (Å²) >= 11 is 0. The molecule has 3 amide bonds. The zero-order valence-corrected chi connectivity index (χ0v) is 12.6. The largest absolute Gasteiger partial charge is 0.333 e. The van der Waals surface area contributed by atoms with Gasteiger partial charge in [0.25, 0.3) is 0 Å². The molecule has 2 saturated heterocycles. The Morgan fingerprint density at radius 1 is 1.38 bits per heavy atom. The number of hydrogen-bond acceptors (Lipinski definition) is 5. The molecule has 0 spiro atoms. The normalized spacial score (nSPS) is 22.1. The molecule has 2 aliphatic heterocycles. The lowest BCUT2D eigenvalue weighted by Crippen LogP contribution is -2.45. The number of likely N-dealkylation sites (tertiary alicyclic amines) is 1. The fourth-order valence-electron chi connectivity index (χ4n) is 2.88. The molecule has 2 heterocycles. The first-order valence-corrected chi connectivity index (χ1v) is 7.57. The first-order valence-electron chi connectivity index (χ1n) is 7.57. The average molecular weight is 296 g/mol. The molecule has 1 atom stereocenters. The third-order valence-corrected chi connectivity index (χ3v) is 3.89. The maximum atomic E-state index is 11.8. The Morgan fingerprint density at radius 3 is 2.81 bits per heavy atom. The quantitative estimate of drug-likeness (QED) is 0.653. The van der Waals surface area contributed by atoms with Gasteiger partial charge < -0.3 is 10.2 Å². The SMILES string of the molecule is CN(CC(=O)NC(=O)CN1CCCC1=O)CC1CCCN1. The van der Waals surface area contributed by atoms with Gasteiger partial charge in [-0.25, -0.2) is 0 Å². The minimum atomic E-state index is -0.400. The Hall–Kier alpha value is -1.47. The first kappa shape index (κ1) is 15.9. The molecule has 0 bridgehead atoms. The highest BCUT2D eigenvalue weighted by molar-refractivity contribution is 5.98. The summed E-state index contributed by atoms with van der Waals surface area (Å²) in [7, 11) is 1.87. The molecular weight excluding hydrogens is 272 g/mol. The molecule has 1 unspecified atom stereocenters. The van der Waals surface area contributed by atoms with E-state index in [2.05, 4.69) is 10.6 Å². The van der Waals surface area contributed by atoms with E-state index in [1.807, 2.05) is 11.9 Å². The third-order valence-electron chi connectivity index (χ3n) is 3.89. The van der Waals surface area contributed by atoms with Crippen LogP contribution in [-0.4, -0.2) is 73.3 Å². The van der Waals surface area contributed by atoms with Crippen molar-refractivity contribution in [3.05, 3.63) is 0 Å². The van der Waals surface area contributed by atoms with Crippen molar-refractivity contribution < 1.29 is 14.4 Å². The van der Waals surface area contributed by atoms with E-state index in [1.165, 1.54) is 11.3 Å². The zero-order valence-electron chi connectivity index (χ0n) is 12.6. The topological polar surface area (TPSA) is 81.8 Å². The Balaban J connectivity index is 1.65. The van der Waals surface area contributed by atoms with Gasteiger partial charge in [0.15, 0.2) is 0 Å². The highest BCUT2D eigenvalue weighted by atomic mass is 16.2. The third kappa shape index (κ3) is 5.09. The predicted molar refractivity (Wildman–Crippen MR) is 77.5 cm³/mol. The van der Waals surface area contributed by atoms with Crippen LogP contribution in [-0.2, 0) is 14.4 Å². The Morgan fingerprint density at radius 2 is 2.19 bits per heavy atom. The van der Waals surface area contributed by atoms with E-state index in [9.17, 15) is 14.4 Å². The number of carbonyl (C=O) groups excluding carboxylic acids is 3. The second-order valence-corrected chi connectivity index (χ2v) is 5.88. The Labute approximate surface area is 125 Å². The molecule has 2 rings (SSSR count). The van der Waals surface area contributed by atoms with Crippen LogP contribution in [0.2, 0.25) is 0 Å². The smallest absolute Gasteiger partial charge is 0.246 e. The molecular formula is C14H24N4O3. The van der Waals surface area contributed by atoms with Crippen LogP contribution in [0.3, 0.4) is 0 Å². The lowest BCUT2D eigenvalue weighted by molar-refractivity contribution is -0.136. The van der Waals surface area contributed by atoms with Crippen molar-refractivity contribution >= 4 is 17.7 Å². The fraction of sp³-hybridized carbons (Fsp3) is 0.786. The maximum Gasteiger partial charge on any atom is 0.246 e. The maximum absolute atomic E-state index is 11.8. The molecule has 7 nitrogen and oxygen atoms in total. The van der Waals surface area contributed by atoms with Crippen LogP contribution in [0.5, 0.6) is 0 Å². The van der Waals surface area contributed by atoms with Crippen LogP contribution in [0, 0.1) is 0 Å². The molecule has 118 valence electrons. The molecule has 2 fully saturated rings. The molecule has 0 saturated carbocycles. The van der Waals surface area contributed by atoms with Gasteiger partial charge in [-0.15, -0.1) is 0 Å². The molecule has 0 aromatic rings. The highest BCUT2D eigenvalue weighted by Gasteiger charge is 2.23. The summed E-state index contributed by atoms with van der Waals surface area (Å²) in [6.07, 6.45) is 3.59. The molecule has 2 aliphatic rings. The van der Waals surface area contributed by atoms with Gasteiger partial charge in [0.2, 0.25) is 17.7 Å². The van der Waals surface area contributed by atoms with Crippen LogP contribution in [0.15, 0.2) is 0 Å². The van der Waals surface area contributed by atoms with E-state index in [-0.39, 0.29) is 24.9 Å². The molecule has 0 radical (unpaired) electrons.